The summed E-state index contributed by atoms with van der Waals surface area (Å²) in [5, 5.41) is 4.42. The number of aryl methyl sites for hydroxylation is 2. The summed E-state index contributed by atoms with van der Waals surface area (Å²) in [5.74, 6) is 0. The Labute approximate surface area is 94.9 Å². The number of hydrogen-bond acceptors (Lipinski definition) is 3. The fourth-order valence-corrected chi connectivity index (χ4v) is 1.86. The Morgan fingerprint density at radius 3 is 2.94 bits per heavy atom. The zero-order valence-electron chi connectivity index (χ0n) is 9.72. The van der Waals surface area contributed by atoms with Crippen LogP contribution in [-0.4, -0.2) is 19.3 Å². The van der Waals surface area contributed by atoms with Crippen LogP contribution < -0.4 is 5.73 Å². The molecule has 0 unspecified atom stereocenters. The van der Waals surface area contributed by atoms with Crippen LogP contribution in [0, 0.1) is 0 Å². The lowest BCUT2D eigenvalue weighted by atomic mass is 10.2. The molecule has 16 heavy (non-hydrogen) atoms. The van der Waals surface area contributed by atoms with E-state index >= 15 is 0 Å². The molecule has 0 atom stereocenters. The van der Waals surface area contributed by atoms with E-state index in [4.69, 9.17) is 5.73 Å². The van der Waals surface area contributed by atoms with Crippen molar-refractivity contribution in [1.29, 1.82) is 0 Å². The Bertz CT molecular complexity index is 468. The highest BCUT2D eigenvalue weighted by molar-refractivity contribution is 5.18. The van der Waals surface area contributed by atoms with Crippen molar-refractivity contribution in [1.82, 2.24) is 19.3 Å². The third-order valence-electron chi connectivity index (χ3n) is 2.68. The quantitative estimate of drug-likeness (QED) is 0.822. The molecular formula is C11H17N5. The summed E-state index contributed by atoms with van der Waals surface area (Å²) >= 11 is 0. The minimum Gasteiger partial charge on any atom is -0.329 e. The fraction of sp³-hybridized carbons (Fsp3) is 0.455. The van der Waals surface area contributed by atoms with Gasteiger partial charge < -0.3 is 10.3 Å². The maximum atomic E-state index is 5.64. The van der Waals surface area contributed by atoms with Crippen LogP contribution in [0.3, 0.4) is 0 Å². The van der Waals surface area contributed by atoms with Crippen LogP contribution in [0.4, 0.5) is 0 Å². The van der Waals surface area contributed by atoms with Gasteiger partial charge in [0.2, 0.25) is 0 Å². The molecule has 0 aromatic carbocycles. The van der Waals surface area contributed by atoms with Crippen molar-refractivity contribution in [3.05, 3.63) is 35.7 Å². The van der Waals surface area contributed by atoms with Gasteiger partial charge in [-0.15, -0.1) is 0 Å². The van der Waals surface area contributed by atoms with Crippen molar-refractivity contribution in [2.75, 3.05) is 0 Å². The van der Waals surface area contributed by atoms with Crippen molar-refractivity contribution in [2.45, 2.75) is 26.4 Å². The lowest BCUT2D eigenvalue weighted by Crippen LogP contribution is -2.08. The summed E-state index contributed by atoms with van der Waals surface area (Å²) in [7, 11) is 1.94. The first-order chi connectivity index (χ1) is 7.74. The monoisotopic (exact) mass is 219 g/mol. The van der Waals surface area contributed by atoms with Gasteiger partial charge in [-0.2, -0.15) is 5.10 Å². The highest BCUT2D eigenvalue weighted by atomic mass is 15.3. The van der Waals surface area contributed by atoms with Crippen molar-refractivity contribution in [3.8, 4) is 0 Å². The van der Waals surface area contributed by atoms with Crippen molar-refractivity contribution >= 4 is 0 Å². The van der Waals surface area contributed by atoms with Gasteiger partial charge in [0.1, 0.15) is 0 Å². The molecule has 5 nitrogen and oxygen atoms in total. The molecule has 0 radical (unpaired) electrons. The Balaban J connectivity index is 2.26. The van der Waals surface area contributed by atoms with Gasteiger partial charge in [0.25, 0.3) is 0 Å². The fourth-order valence-electron chi connectivity index (χ4n) is 1.86. The van der Waals surface area contributed by atoms with E-state index in [1.54, 1.807) is 0 Å². The van der Waals surface area contributed by atoms with Crippen molar-refractivity contribution in [2.24, 2.45) is 12.8 Å². The van der Waals surface area contributed by atoms with Crippen LogP contribution >= 0.6 is 0 Å². The second-order valence-electron chi connectivity index (χ2n) is 3.85. The van der Waals surface area contributed by atoms with Crippen molar-refractivity contribution < 1.29 is 0 Å². The molecule has 0 fully saturated rings. The molecule has 2 heterocycles. The van der Waals surface area contributed by atoms with Gasteiger partial charge in [-0.05, 0) is 6.42 Å². The van der Waals surface area contributed by atoms with E-state index in [0.717, 1.165) is 24.4 Å². The molecule has 0 amide bonds. The lowest BCUT2D eigenvalue weighted by molar-refractivity contribution is 0.733. The Kier molecular flexibility index (Phi) is 3.05. The second kappa shape index (κ2) is 4.49. The number of aromatic nitrogens is 4. The highest BCUT2D eigenvalue weighted by Gasteiger charge is 2.08. The topological polar surface area (TPSA) is 61.7 Å². The van der Waals surface area contributed by atoms with Gasteiger partial charge >= 0.3 is 0 Å². The minimum absolute atomic E-state index is 0.516. The molecule has 2 aromatic heterocycles. The zero-order chi connectivity index (χ0) is 11.5. The van der Waals surface area contributed by atoms with Crippen LogP contribution in [0.5, 0.6) is 0 Å². The molecule has 0 spiro atoms. The summed E-state index contributed by atoms with van der Waals surface area (Å²) in [6, 6.07) is 0. The van der Waals surface area contributed by atoms with Crippen LogP contribution in [0.2, 0.25) is 0 Å². The molecule has 2 aromatic rings. The van der Waals surface area contributed by atoms with E-state index in [1.807, 2.05) is 24.3 Å². The number of hydrogen-bond donors (Lipinski definition) is 1. The van der Waals surface area contributed by atoms with Crippen LogP contribution in [0.1, 0.15) is 23.9 Å². The van der Waals surface area contributed by atoms with E-state index in [0.29, 0.717) is 6.54 Å². The molecule has 0 bridgehead atoms. The standard InChI is InChI=1S/C11H17N5/c1-3-11-9(6-15(2)14-11)7-16-8-13-5-10(16)4-12/h5-6,8H,3-4,7,12H2,1-2H3. The Morgan fingerprint density at radius 1 is 1.44 bits per heavy atom. The van der Waals surface area contributed by atoms with Crippen LogP contribution in [0.25, 0.3) is 0 Å². The highest BCUT2D eigenvalue weighted by Crippen LogP contribution is 2.10. The number of rotatable bonds is 4. The Hall–Kier alpha value is -1.62. The summed E-state index contributed by atoms with van der Waals surface area (Å²) in [5.41, 5.74) is 9.06. The zero-order valence-corrected chi connectivity index (χ0v) is 9.72. The average Bonchev–Trinajstić information content (AvgIpc) is 2.85. The van der Waals surface area contributed by atoms with E-state index < -0.39 is 0 Å². The van der Waals surface area contributed by atoms with Gasteiger partial charge in [0, 0.05) is 31.5 Å². The molecule has 0 aliphatic carbocycles. The second-order valence-corrected chi connectivity index (χ2v) is 3.85. The Morgan fingerprint density at radius 2 is 2.25 bits per heavy atom. The molecule has 0 saturated carbocycles. The third kappa shape index (κ3) is 1.99. The van der Waals surface area contributed by atoms with Gasteiger partial charge in [-0.3, -0.25) is 4.68 Å². The molecule has 2 rings (SSSR count). The summed E-state index contributed by atoms with van der Waals surface area (Å²) in [6.07, 6.45) is 6.62. The minimum atomic E-state index is 0.516. The van der Waals surface area contributed by atoms with Gasteiger partial charge in [0.15, 0.2) is 0 Å². The number of imidazole rings is 1. The maximum Gasteiger partial charge on any atom is 0.0951 e. The summed E-state index contributed by atoms with van der Waals surface area (Å²) in [4.78, 5) is 4.11. The molecule has 0 saturated heterocycles. The van der Waals surface area contributed by atoms with E-state index in [9.17, 15) is 0 Å². The number of nitrogens with two attached hydrogens (primary N) is 1. The maximum absolute atomic E-state index is 5.64. The summed E-state index contributed by atoms with van der Waals surface area (Å²) < 4.78 is 3.92. The molecule has 0 aliphatic heterocycles. The molecule has 5 heteroatoms. The van der Waals surface area contributed by atoms with E-state index in [1.165, 1.54) is 5.56 Å². The molecule has 2 N–H and O–H groups in total. The SMILES string of the molecule is CCc1nn(C)cc1Cn1cncc1CN. The predicted octanol–water partition coefficient (Wildman–Crippen LogP) is 0.686. The first-order valence-corrected chi connectivity index (χ1v) is 5.45. The normalized spacial score (nSPS) is 10.9. The predicted molar refractivity (Wildman–Crippen MR) is 61.8 cm³/mol. The number of nitrogens with zero attached hydrogens (tertiary/aromatic N) is 4. The van der Waals surface area contributed by atoms with Gasteiger partial charge in [-0.1, -0.05) is 6.92 Å². The smallest absolute Gasteiger partial charge is 0.0951 e. The average molecular weight is 219 g/mol. The molecule has 86 valence electrons. The largest absolute Gasteiger partial charge is 0.329 e. The third-order valence-corrected chi connectivity index (χ3v) is 2.68. The van der Waals surface area contributed by atoms with Crippen LogP contribution in [-0.2, 0) is 26.6 Å². The lowest BCUT2D eigenvalue weighted by Gasteiger charge is -2.05. The molecular weight excluding hydrogens is 202 g/mol. The van der Waals surface area contributed by atoms with E-state index in [-0.39, 0.29) is 0 Å². The van der Waals surface area contributed by atoms with Crippen molar-refractivity contribution in [3.63, 3.8) is 0 Å². The first-order valence-electron chi connectivity index (χ1n) is 5.45. The molecule has 0 aliphatic rings. The first kappa shape index (κ1) is 10.9. The van der Waals surface area contributed by atoms with E-state index in [2.05, 4.69) is 27.8 Å². The van der Waals surface area contributed by atoms with Gasteiger partial charge in [-0.25, -0.2) is 4.98 Å². The van der Waals surface area contributed by atoms with Gasteiger partial charge in [0.05, 0.1) is 24.3 Å². The summed E-state index contributed by atoms with van der Waals surface area (Å²) in [6.45, 7) is 3.43. The van der Waals surface area contributed by atoms with Crippen LogP contribution in [0.15, 0.2) is 18.7 Å².